The van der Waals surface area contributed by atoms with Gasteiger partial charge in [0.05, 0.1) is 0 Å². The van der Waals surface area contributed by atoms with Crippen molar-refractivity contribution in [1.82, 2.24) is 0 Å². The summed E-state index contributed by atoms with van der Waals surface area (Å²) < 4.78 is 11.0. The van der Waals surface area contributed by atoms with E-state index in [0.717, 1.165) is 29.2 Å². The van der Waals surface area contributed by atoms with Crippen LogP contribution in [-0.4, -0.2) is 12.6 Å². The first-order valence-electron chi connectivity index (χ1n) is 8.88. The van der Waals surface area contributed by atoms with Crippen molar-refractivity contribution in [1.29, 1.82) is 0 Å². The van der Waals surface area contributed by atoms with E-state index in [0.29, 0.717) is 19.6 Å². The standard InChI is InChI=1S/C22H24O3/c23-22(15-12-19-8-9-19)24-16-4-7-18-10-13-21(14-11-18)25-17-20-5-2-1-3-6-20/h1-7,10-11,13-14,19H,8-9,12,15-17H2. The zero-order chi connectivity index (χ0) is 17.3. The van der Waals surface area contributed by atoms with Gasteiger partial charge in [-0.25, -0.2) is 0 Å². The van der Waals surface area contributed by atoms with E-state index in [2.05, 4.69) is 0 Å². The molecule has 0 atom stereocenters. The number of benzene rings is 2. The molecule has 1 aliphatic carbocycles. The van der Waals surface area contributed by atoms with Crippen LogP contribution in [0, 0.1) is 5.92 Å². The largest absolute Gasteiger partial charge is 0.489 e. The number of esters is 1. The fourth-order valence-electron chi connectivity index (χ4n) is 2.54. The molecule has 0 unspecified atom stereocenters. The topological polar surface area (TPSA) is 35.5 Å². The summed E-state index contributed by atoms with van der Waals surface area (Å²) in [6.07, 6.45) is 7.90. The zero-order valence-corrected chi connectivity index (χ0v) is 14.4. The van der Waals surface area contributed by atoms with Crippen LogP contribution in [0.5, 0.6) is 5.75 Å². The maximum absolute atomic E-state index is 11.5. The Hall–Kier alpha value is -2.55. The van der Waals surface area contributed by atoms with Gasteiger partial charge < -0.3 is 9.47 Å². The van der Waals surface area contributed by atoms with E-state index in [9.17, 15) is 4.79 Å². The number of rotatable bonds is 9. The lowest BCUT2D eigenvalue weighted by Gasteiger charge is -2.06. The second kappa shape index (κ2) is 9.07. The highest BCUT2D eigenvalue weighted by molar-refractivity contribution is 5.69. The van der Waals surface area contributed by atoms with Gasteiger partial charge in [-0.3, -0.25) is 4.79 Å². The van der Waals surface area contributed by atoms with Crippen LogP contribution in [0.15, 0.2) is 60.7 Å². The molecule has 25 heavy (non-hydrogen) atoms. The van der Waals surface area contributed by atoms with Crippen LogP contribution in [-0.2, 0) is 16.1 Å². The molecule has 3 nitrogen and oxygen atoms in total. The first-order chi connectivity index (χ1) is 12.3. The summed E-state index contributed by atoms with van der Waals surface area (Å²) in [5.41, 5.74) is 2.20. The van der Waals surface area contributed by atoms with Gasteiger partial charge in [0.15, 0.2) is 0 Å². The van der Waals surface area contributed by atoms with Gasteiger partial charge in [-0.05, 0) is 41.7 Å². The van der Waals surface area contributed by atoms with Crippen molar-refractivity contribution in [2.24, 2.45) is 5.92 Å². The van der Waals surface area contributed by atoms with Crippen LogP contribution in [0.3, 0.4) is 0 Å². The highest BCUT2D eigenvalue weighted by atomic mass is 16.5. The van der Waals surface area contributed by atoms with Crippen LogP contribution in [0.4, 0.5) is 0 Å². The molecule has 2 aromatic rings. The van der Waals surface area contributed by atoms with Crippen molar-refractivity contribution >= 4 is 12.0 Å². The predicted molar refractivity (Wildman–Crippen MR) is 99.2 cm³/mol. The van der Waals surface area contributed by atoms with E-state index >= 15 is 0 Å². The molecule has 0 saturated heterocycles. The highest BCUT2D eigenvalue weighted by Gasteiger charge is 2.21. The average molecular weight is 336 g/mol. The van der Waals surface area contributed by atoms with Crippen LogP contribution < -0.4 is 4.74 Å². The third kappa shape index (κ3) is 6.46. The minimum absolute atomic E-state index is 0.0961. The van der Waals surface area contributed by atoms with Crippen LogP contribution in [0.2, 0.25) is 0 Å². The Balaban J connectivity index is 1.37. The highest BCUT2D eigenvalue weighted by Crippen LogP contribution is 2.33. The summed E-state index contributed by atoms with van der Waals surface area (Å²) >= 11 is 0. The fraction of sp³-hybridized carbons (Fsp3) is 0.318. The Morgan fingerprint density at radius 3 is 2.52 bits per heavy atom. The van der Waals surface area contributed by atoms with Gasteiger partial charge in [0.25, 0.3) is 0 Å². The van der Waals surface area contributed by atoms with Gasteiger partial charge in [-0.2, -0.15) is 0 Å². The maximum atomic E-state index is 11.5. The second-order valence-corrected chi connectivity index (χ2v) is 6.41. The van der Waals surface area contributed by atoms with E-state index in [4.69, 9.17) is 9.47 Å². The molecular weight excluding hydrogens is 312 g/mol. The van der Waals surface area contributed by atoms with Gasteiger partial charge >= 0.3 is 5.97 Å². The molecule has 0 aromatic heterocycles. The minimum Gasteiger partial charge on any atom is -0.489 e. The van der Waals surface area contributed by atoms with Gasteiger partial charge in [0.2, 0.25) is 0 Å². The normalized spacial score (nSPS) is 13.8. The third-order valence-corrected chi connectivity index (χ3v) is 4.23. The molecule has 0 spiro atoms. The van der Waals surface area contributed by atoms with Crippen molar-refractivity contribution in [3.8, 4) is 5.75 Å². The monoisotopic (exact) mass is 336 g/mol. The predicted octanol–water partition coefficient (Wildman–Crippen LogP) is 5.01. The lowest BCUT2D eigenvalue weighted by molar-refractivity contribution is -0.142. The van der Waals surface area contributed by atoms with E-state index in [1.54, 1.807) is 0 Å². The van der Waals surface area contributed by atoms with Crippen molar-refractivity contribution in [3.63, 3.8) is 0 Å². The SMILES string of the molecule is O=C(CCC1CC1)OCC=Cc1ccc(OCc2ccccc2)cc1. The number of ether oxygens (including phenoxy) is 2. The molecule has 1 fully saturated rings. The van der Waals surface area contributed by atoms with Crippen LogP contribution in [0.1, 0.15) is 36.8 Å². The number of carbonyl (C=O) groups excluding carboxylic acids is 1. The maximum Gasteiger partial charge on any atom is 0.306 e. The van der Waals surface area contributed by atoms with Crippen molar-refractivity contribution < 1.29 is 14.3 Å². The zero-order valence-electron chi connectivity index (χ0n) is 14.4. The van der Waals surface area contributed by atoms with E-state index < -0.39 is 0 Å². The molecule has 0 N–H and O–H groups in total. The van der Waals surface area contributed by atoms with Crippen molar-refractivity contribution in [3.05, 3.63) is 71.8 Å². The first-order valence-corrected chi connectivity index (χ1v) is 8.88. The lowest BCUT2D eigenvalue weighted by Crippen LogP contribution is -2.04. The van der Waals surface area contributed by atoms with Crippen molar-refractivity contribution in [2.45, 2.75) is 32.3 Å². The molecule has 0 amide bonds. The number of carbonyl (C=O) groups is 1. The molecule has 0 heterocycles. The summed E-state index contributed by atoms with van der Waals surface area (Å²) in [7, 11) is 0. The molecule has 130 valence electrons. The van der Waals surface area contributed by atoms with E-state index in [1.165, 1.54) is 12.8 Å². The third-order valence-electron chi connectivity index (χ3n) is 4.23. The van der Waals surface area contributed by atoms with E-state index in [-0.39, 0.29) is 5.97 Å². The number of hydrogen-bond donors (Lipinski definition) is 0. The molecule has 3 rings (SSSR count). The second-order valence-electron chi connectivity index (χ2n) is 6.41. The van der Waals surface area contributed by atoms with Gasteiger partial charge in [-0.15, -0.1) is 0 Å². The smallest absolute Gasteiger partial charge is 0.306 e. The average Bonchev–Trinajstić information content (AvgIpc) is 3.48. The Bertz CT molecular complexity index is 685. The molecule has 0 aliphatic heterocycles. The van der Waals surface area contributed by atoms with Gasteiger partial charge in [-0.1, -0.05) is 61.4 Å². The Kier molecular flexibility index (Phi) is 6.27. The first kappa shape index (κ1) is 17.3. The molecule has 1 saturated carbocycles. The van der Waals surface area contributed by atoms with Crippen LogP contribution >= 0.6 is 0 Å². The summed E-state index contributed by atoms with van der Waals surface area (Å²) in [6.45, 7) is 0.891. The summed E-state index contributed by atoms with van der Waals surface area (Å²) in [6, 6.07) is 18.0. The number of hydrogen-bond acceptors (Lipinski definition) is 3. The molecule has 3 heteroatoms. The van der Waals surface area contributed by atoms with Crippen molar-refractivity contribution in [2.75, 3.05) is 6.61 Å². The van der Waals surface area contributed by atoms with E-state index in [1.807, 2.05) is 66.7 Å². The van der Waals surface area contributed by atoms with Gasteiger partial charge in [0.1, 0.15) is 19.0 Å². The Morgan fingerprint density at radius 2 is 1.80 bits per heavy atom. The summed E-state index contributed by atoms with van der Waals surface area (Å²) in [5, 5.41) is 0. The molecule has 0 radical (unpaired) electrons. The fourth-order valence-corrected chi connectivity index (χ4v) is 2.54. The molecule has 1 aliphatic rings. The summed E-state index contributed by atoms with van der Waals surface area (Å²) in [4.78, 5) is 11.5. The molecule has 0 bridgehead atoms. The minimum atomic E-state index is -0.0961. The summed E-state index contributed by atoms with van der Waals surface area (Å²) in [5.74, 6) is 1.51. The lowest BCUT2D eigenvalue weighted by atomic mass is 10.2. The molecular formula is C22H24O3. The van der Waals surface area contributed by atoms with Crippen LogP contribution in [0.25, 0.3) is 6.08 Å². The molecule has 2 aromatic carbocycles. The Morgan fingerprint density at radius 1 is 1.04 bits per heavy atom. The van der Waals surface area contributed by atoms with Gasteiger partial charge in [0, 0.05) is 6.42 Å². The quantitative estimate of drug-likeness (QED) is 0.604. The Labute approximate surface area is 149 Å².